The molecule has 0 radical (unpaired) electrons. The first-order valence-electron chi connectivity index (χ1n) is 16.8. The van der Waals surface area contributed by atoms with E-state index in [-0.39, 0.29) is 16.2 Å². The average Bonchev–Trinajstić information content (AvgIpc) is 3.45. The Morgan fingerprint density at radius 3 is 2.27 bits per heavy atom. The number of anilines is 1. The largest absolute Gasteiger partial charge is 0.481 e. The molecule has 2 aliphatic rings. The van der Waals surface area contributed by atoms with Crippen LogP contribution in [0.2, 0.25) is 0 Å². The lowest BCUT2D eigenvalue weighted by atomic mass is 9.79. The van der Waals surface area contributed by atoms with Gasteiger partial charge >= 0.3 is 5.97 Å². The number of allylic oxidation sites excluding steroid dienone is 6. The van der Waals surface area contributed by atoms with E-state index in [1.54, 1.807) is 36.4 Å². The molecule has 10 nitrogen and oxygen atoms in total. The summed E-state index contributed by atoms with van der Waals surface area (Å²) < 4.78 is 70.2. The fraction of sp³-hybridized carbons (Fsp3) is 0.282. The van der Waals surface area contributed by atoms with Crippen molar-refractivity contribution >= 4 is 76.4 Å². The standard InChI is InChI=1S/C39H39ClN2O8S2/c1-38(2)33(41-30-18-17-27-28(36(30)38)9-8-10-32(27)52(48,49)50)20-14-25(40)15-21-34-39(3,4)37-29-23-26(51(45,46)47)16-12-24(29)13-19-31(37)42(34)22-7-5-6-11-35(43)44/h8-10,12-21,23H,5-7,11,22H2,1-4H3,(H3,43,44,45,46,47,48,49,50)/p+1. The first-order valence-corrected chi connectivity index (χ1v) is 20.1. The number of carboxylic acids is 1. The van der Waals surface area contributed by atoms with Crippen molar-refractivity contribution in [2.45, 2.75) is 74.0 Å². The summed E-state index contributed by atoms with van der Waals surface area (Å²) in [5.74, 6) is -0.833. The summed E-state index contributed by atoms with van der Waals surface area (Å²) in [6.07, 6.45) is 9.48. The van der Waals surface area contributed by atoms with E-state index in [2.05, 4.69) is 23.7 Å². The number of benzene rings is 4. The van der Waals surface area contributed by atoms with Gasteiger partial charge in [0.1, 0.15) is 11.4 Å². The predicted octanol–water partition coefficient (Wildman–Crippen LogP) is 8.47. The molecule has 6 rings (SSSR count). The lowest BCUT2D eigenvalue weighted by Crippen LogP contribution is -2.28. The van der Waals surface area contributed by atoms with Gasteiger partial charge in [-0.05, 0) is 97.0 Å². The third-order valence-electron chi connectivity index (χ3n) is 10.1. The minimum Gasteiger partial charge on any atom is -0.481 e. The summed E-state index contributed by atoms with van der Waals surface area (Å²) >= 11 is 6.83. The molecule has 4 aromatic carbocycles. The van der Waals surface area contributed by atoms with Crippen LogP contribution in [0.4, 0.5) is 11.4 Å². The Hall–Kier alpha value is -4.33. The number of hydrogen-bond acceptors (Lipinski definition) is 6. The van der Waals surface area contributed by atoms with E-state index in [1.807, 2.05) is 44.2 Å². The van der Waals surface area contributed by atoms with Crippen molar-refractivity contribution in [3.63, 3.8) is 0 Å². The number of nitrogens with zero attached hydrogens (tertiary/aromatic N) is 1. The second kappa shape index (κ2) is 13.6. The highest BCUT2D eigenvalue weighted by molar-refractivity contribution is 7.86. The zero-order valence-electron chi connectivity index (χ0n) is 29.1. The molecular formula is C39H40ClN2O8S2+. The Morgan fingerprint density at radius 1 is 0.846 bits per heavy atom. The molecule has 0 fully saturated rings. The highest BCUT2D eigenvalue weighted by Crippen LogP contribution is 2.48. The predicted molar refractivity (Wildman–Crippen MR) is 204 cm³/mol. The fourth-order valence-corrected chi connectivity index (χ4v) is 8.92. The number of halogens is 1. The Morgan fingerprint density at radius 2 is 1.58 bits per heavy atom. The van der Waals surface area contributed by atoms with Crippen molar-refractivity contribution in [2.24, 2.45) is 0 Å². The van der Waals surface area contributed by atoms with Crippen LogP contribution in [0.5, 0.6) is 0 Å². The normalized spacial score (nSPS) is 17.7. The molecule has 0 aliphatic carbocycles. The SMILES string of the molecule is CC1(C)C(/C=C/C(Cl)=C/C=C2/Nc3ccc4c(S(=O)(=O)O)cccc4c3C2(C)C)=[N+](CCCCCC(=O)O)c2ccc3ccc(S(=O)(=O)O)cc3c21. The van der Waals surface area contributed by atoms with Crippen molar-refractivity contribution in [1.82, 2.24) is 0 Å². The fourth-order valence-electron chi connectivity index (χ4n) is 7.58. The van der Waals surface area contributed by atoms with Crippen LogP contribution in [0.1, 0.15) is 64.5 Å². The number of aliphatic carboxylic acids is 1. The van der Waals surface area contributed by atoms with E-state index >= 15 is 0 Å². The van der Waals surface area contributed by atoms with Crippen molar-refractivity contribution in [1.29, 1.82) is 0 Å². The Kier molecular flexibility index (Phi) is 9.77. The molecule has 4 aromatic rings. The van der Waals surface area contributed by atoms with Crippen LogP contribution in [-0.2, 0) is 35.9 Å². The van der Waals surface area contributed by atoms with Gasteiger partial charge in [0.05, 0.1) is 10.3 Å². The minimum absolute atomic E-state index is 0.0933. The monoisotopic (exact) mass is 763 g/mol. The summed E-state index contributed by atoms with van der Waals surface area (Å²) in [5, 5.41) is 15.6. The summed E-state index contributed by atoms with van der Waals surface area (Å²) in [6, 6.07) is 16.8. The summed E-state index contributed by atoms with van der Waals surface area (Å²) in [7, 11) is -8.86. The molecule has 0 unspecified atom stereocenters. The van der Waals surface area contributed by atoms with Crippen LogP contribution in [0.15, 0.2) is 105 Å². The van der Waals surface area contributed by atoms with Gasteiger partial charge in [0.2, 0.25) is 5.69 Å². The third-order valence-corrected chi connectivity index (χ3v) is 12.1. The molecule has 0 saturated heterocycles. The molecule has 13 heteroatoms. The first kappa shape index (κ1) is 37.4. The molecule has 0 aromatic heterocycles. The van der Waals surface area contributed by atoms with Crippen molar-refractivity contribution in [3.8, 4) is 0 Å². The number of rotatable bonds is 11. The van der Waals surface area contributed by atoms with Crippen LogP contribution in [0.3, 0.4) is 0 Å². The Labute approximate surface area is 308 Å². The molecule has 272 valence electrons. The lowest BCUT2D eigenvalue weighted by molar-refractivity contribution is -0.438. The first-order chi connectivity index (χ1) is 24.3. The third kappa shape index (κ3) is 6.93. The molecule has 0 saturated carbocycles. The number of nitrogens with one attached hydrogen (secondary N) is 1. The number of hydrogen-bond donors (Lipinski definition) is 4. The number of carboxylic acid groups (broad SMARTS) is 1. The maximum absolute atomic E-state index is 12.1. The Balaban J connectivity index is 1.36. The van der Waals surface area contributed by atoms with Crippen LogP contribution in [0.25, 0.3) is 21.5 Å². The van der Waals surface area contributed by atoms with E-state index < -0.39 is 37.0 Å². The van der Waals surface area contributed by atoms with Gasteiger partial charge < -0.3 is 10.4 Å². The minimum atomic E-state index is -4.44. The zero-order valence-corrected chi connectivity index (χ0v) is 31.5. The van der Waals surface area contributed by atoms with Crippen LogP contribution >= 0.6 is 11.6 Å². The summed E-state index contributed by atoms with van der Waals surface area (Å²) in [4.78, 5) is 10.7. The van der Waals surface area contributed by atoms with Crippen LogP contribution in [-0.4, -0.2) is 53.8 Å². The highest BCUT2D eigenvalue weighted by Gasteiger charge is 2.45. The van der Waals surface area contributed by atoms with Crippen molar-refractivity contribution in [3.05, 3.63) is 107 Å². The van der Waals surface area contributed by atoms with Crippen LogP contribution < -0.4 is 5.32 Å². The van der Waals surface area contributed by atoms with E-state index in [0.29, 0.717) is 40.6 Å². The lowest BCUT2D eigenvalue weighted by Gasteiger charge is -2.22. The van der Waals surface area contributed by atoms with Gasteiger partial charge in [0.15, 0.2) is 5.71 Å². The van der Waals surface area contributed by atoms with Gasteiger partial charge in [0, 0.05) is 57.8 Å². The maximum Gasteiger partial charge on any atom is 0.303 e. The second-order valence-corrected chi connectivity index (χ2v) is 17.5. The van der Waals surface area contributed by atoms with Crippen LogP contribution in [0, 0.1) is 0 Å². The van der Waals surface area contributed by atoms with Crippen molar-refractivity contribution < 1.29 is 40.4 Å². The molecular weight excluding hydrogens is 724 g/mol. The molecule has 52 heavy (non-hydrogen) atoms. The molecule has 4 N–H and O–H groups in total. The molecule has 0 atom stereocenters. The molecule has 2 heterocycles. The quantitative estimate of drug-likeness (QED) is 0.0508. The van der Waals surface area contributed by atoms with Gasteiger partial charge in [-0.15, -0.1) is 0 Å². The van der Waals surface area contributed by atoms with Crippen molar-refractivity contribution in [2.75, 3.05) is 11.9 Å². The van der Waals surface area contributed by atoms with Gasteiger partial charge in [-0.3, -0.25) is 13.9 Å². The van der Waals surface area contributed by atoms with Gasteiger partial charge in [0.25, 0.3) is 20.2 Å². The molecule has 2 aliphatic heterocycles. The number of unbranched alkanes of at least 4 members (excludes halogenated alkanes) is 2. The number of fused-ring (bicyclic) bond motifs is 6. The Bertz CT molecular complexity index is 2510. The number of carbonyl (C=O) groups is 1. The molecule has 0 spiro atoms. The average molecular weight is 764 g/mol. The summed E-state index contributed by atoms with van der Waals surface area (Å²) in [6.45, 7) is 8.74. The van der Waals surface area contributed by atoms with E-state index in [0.717, 1.165) is 45.7 Å². The highest BCUT2D eigenvalue weighted by atomic mass is 35.5. The van der Waals surface area contributed by atoms with Gasteiger partial charge in [-0.25, -0.2) is 0 Å². The van der Waals surface area contributed by atoms with E-state index in [9.17, 15) is 30.7 Å². The topological polar surface area (TPSA) is 161 Å². The molecule has 0 bridgehead atoms. The maximum atomic E-state index is 12.1. The van der Waals surface area contributed by atoms with Gasteiger partial charge in [-0.1, -0.05) is 49.7 Å². The molecule has 0 amide bonds. The smallest absolute Gasteiger partial charge is 0.303 e. The zero-order chi connectivity index (χ0) is 37.8. The summed E-state index contributed by atoms with van der Waals surface area (Å²) in [5.41, 5.74) is 4.09. The van der Waals surface area contributed by atoms with Gasteiger partial charge in [-0.2, -0.15) is 21.4 Å². The van der Waals surface area contributed by atoms with E-state index in [4.69, 9.17) is 16.7 Å². The van der Waals surface area contributed by atoms with E-state index in [1.165, 1.54) is 18.2 Å². The second-order valence-electron chi connectivity index (χ2n) is 14.2.